The van der Waals surface area contributed by atoms with E-state index in [2.05, 4.69) is 17.0 Å². The number of carbonyl (C=O) groups is 8. The Morgan fingerprint density at radius 3 is 1.06 bits per heavy atom. The maximum absolute atomic E-state index is 10.4. The molecule has 0 amide bonds. The van der Waals surface area contributed by atoms with Gasteiger partial charge >= 0.3 is 0 Å². The van der Waals surface area contributed by atoms with Crippen molar-refractivity contribution in [2.75, 3.05) is 13.2 Å². The van der Waals surface area contributed by atoms with Crippen LogP contribution in [0.15, 0.2) is 0 Å². The van der Waals surface area contributed by atoms with Crippen LogP contribution in [0.1, 0.15) is 32.1 Å². The molecule has 18 heteroatoms. The third-order valence-electron chi connectivity index (χ3n) is 2.00. The Morgan fingerprint density at radius 1 is 0.500 bits per heavy atom. The average molecular weight is 666 g/mol. The summed E-state index contributed by atoms with van der Waals surface area (Å²) in [5.74, 6) is -0.782. The Bertz CT molecular complexity index is 719. The second-order valence-electron chi connectivity index (χ2n) is 4.85. The Labute approximate surface area is 238 Å². The maximum atomic E-state index is 10.4. The van der Waals surface area contributed by atoms with E-state index in [9.17, 15) is 38.4 Å². The van der Waals surface area contributed by atoms with Gasteiger partial charge in [0.25, 0.3) is 5.24 Å². The van der Waals surface area contributed by atoms with Gasteiger partial charge in [0.2, 0.25) is 37.2 Å². The molecule has 9 nitrogen and oxygen atoms in total. The molecule has 0 unspecified atom stereocenters. The number of halogens is 8. The highest BCUT2D eigenvalue weighted by Crippen LogP contribution is 1.98. The minimum absolute atomic E-state index is 0.0316. The molecule has 0 saturated carbocycles. The zero-order valence-corrected chi connectivity index (χ0v) is 23.4. The zero-order valence-electron chi connectivity index (χ0n) is 16.6. The fourth-order valence-electron chi connectivity index (χ4n) is 0.827. The Balaban J connectivity index is -0.000000178. The Morgan fingerprint density at radius 2 is 0.853 bits per heavy atom. The largest absolute Gasteiger partial charge is 0.366 e. The van der Waals surface area contributed by atoms with Crippen LogP contribution in [0.25, 0.3) is 0 Å². The van der Waals surface area contributed by atoms with Crippen molar-refractivity contribution in [3.63, 3.8) is 0 Å². The first-order valence-electron chi connectivity index (χ1n) is 8.00. The standard InChI is InChI=1S/C5H4Cl2O3.C4H4Cl2O2S.C4H4Cl2O2.C3H2Cl2O2/c6-4(9)2-1-3(8)5(7)10;5-3(7)1-8-2-4(6)9;5-3(7)1-2-4(6)8;4-2(6)1-3(5)7/h1-2H2;1-2H2;1-2H2;1H2. The lowest BCUT2D eigenvalue weighted by Gasteiger charge is -1.94. The van der Waals surface area contributed by atoms with Crippen LogP contribution >= 0.6 is 105 Å². The van der Waals surface area contributed by atoms with E-state index in [1.54, 1.807) is 0 Å². The molecule has 0 aliphatic heterocycles. The lowest BCUT2D eigenvalue weighted by Crippen LogP contribution is -2.07. The number of ketones is 1. The van der Waals surface area contributed by atoms with Crippen molar-refractivity contribution in [1.29, 1.82) is 0 Å². The highest BCUT2D eigenvalue weighted by Gasteiger charge is 2.10. The SMILES string of the molecule is O=C(Cl)CC(=O)Cl.O=C(Cl)CCC(=O)C(=O)Cl.O=C(Cl)CCC(=O)Cl.O=C(Cl)COCC(=S)Cl. The monoisotopic (exact) mass is 662 g/mol. The first-order chi connectivity index (χ1) is 15.4. The van der Waals surface area contributed by atoms with Crippen LogP contribution in [-0.2, 0) is 43.1 Å². The summed E-state index contributed by atoms with van der Waals surface area (Å²) in [6, 6.07) is 0. The average Bonchev–Trinajstić information content (AvgIpc) is 2.64. The van der Waals surface area contributed by atoms with Gasteiger partial charge in [-0.25, -0.2) is 0 Å². The summed E-state index contributed by atoms with van der Waals surface area (Å²) in [5, 5.41) is -4.76. The minimum Gasteiger partial charge on any atom is -0.366 e. The van der Waals surface area contributed by atoms with E-state index in [0.717, 1.165) is 0 Å². The number of ether oxygens (including phenoxy) is 1. The van der Waals surface area contributed by atoms with Crippen LogP contribution in [-0.4, -0.2) is 60.0 Å². The number of thiocarbonyl (C=S) groups is 1. The molecular weight excluding hydrogens is 652 g/mol. The van der Waals surface area contributed by atoms with Gasteiger partial charge in [-0.15, -0.1) is 0 Å². The van der Waals surface area contributed by atoms with Crippen LogP contribution in [0, 0.1) is 0 Å². The minimum atomic E-state index is -1.06. The van der Waals surface area contributed by atoms with E-state index in [1.165, 1.54) is 0 Å². The summed E-state index contributed by atoms with van der Waals surface area (Å²) >= 11 is 43.4. The fraction of sp³-hybridized carbons (Fsp3) is 0.438. The number of hydrogen-bond acceptors (Lipinski definition) is 10. The molecule has 0 rings (SSSR count). The van der Waals surface area contributed by atoms with Gasteiger partial charge in [-0.1, -0.05) is 23.8 Å². The molecule has 0 heterocycles. The molecule has 0 radical (unpaired) electrons. The molecule has 0 N–H and O–H groups in total. The first-order valence-corrected chi connectivity index (χ1v) is 11.4. The van der Waals surface area contributed by atoms with Crippen molar-refractivity contribution in [1.82, 2.24) is 0 Å². The molecule has 0 atom stereocenters. The van der Waals surface area contributed by atoms with Gasteiger partial charge in [-0.05, 0) is 81.2 Å². The second-order valence-corrected chi connectivity index (χ2v) is 8.90. The van der Waals surface area contributed by atoms with Crippen LogP contribution in [0.3, 0.4) is 0 Å². The van der Waals surface area contributed by atoms with Crippen LogP contribution in [0.2, 0.25) is 0 Å². The van der Waals surface area contributed by atoms with E-state index in [1.807, 2.05) is 0 Å². The molecular formula is C16H14Cl8O9S. The summed E-state index contributed by atoms with van der Waals surface area (Å²) in [6.45, 7) is -0.0518. The topological polar surface area (TPSA) is 146 Å². The smallest absolute Gasteiger partial charge is 0.288 e. The molecule has 0 aromatic carbocycles. The van der Waals surface area contributed by atoms with E-state index >= 15 is 0 Å². The molecule has 0 aliphatic rings. The van der Waals surface area contributed by atoms with Gasteiger partial charge in [0.15, 0.2) is 0 Å². The van der Waals surface area contributed by atoms with Gasteiger partial charge in [0.05, 0.1) is 13.0 Å². The van der Waals surface area contributed by atoms with E-state index in [0.29, 0.717) is 0 Å². The second kappa shape index (κ2) is 27.3. The zero-order chi connectivity index (χ0) is 27.9. The lowest BCUT2D eigenvalue weighted by molar-refractivity contribution is -0.132. The summed E-state index contributed by atoms with van der Waals surface area (Å²) in [6.07, 6.45) is -0.666. The molecule has 194 valence electrons. The van der Waals surface area contributed by atoms with Gasteiger partial charge in [-0.3, -0.25) is 38.4 Å². The van der Waals surface area contributed by atoms with Crippen molar-refractivity contribution < 1.29 is 43.1 Å². The summed E-state index contributed by atoms with van der Waals surface area (Å²) in [7, 11) is 0. The molecule has 0 aromatic heterocycles. The van der Waals surface area contributed by atoms with Gasteiger partial charge in [0.1, 0.15) is 10.9 Å². The van der Waals surface area contributed by atoms with Crippen LogP contribution in [0.5, 0.6) is 0 Å². The van der Waals surface area contributed by atoms with Gasteiger partial charge < -0.3 is 4.74 Å². The Kier molecular flexibility index (Phi) is 32.8. The van der Waals surface area contributed by atoms with Crippen molar-refractivity contribution in [2.45, 2.75) is 32.1 Å². The number of Topliss-reactive ketones (excluding diaryl/α,β-unsaturated/α-hetero) is 1. The van der Waals surface area contributed by atoms with Gasteiger partial charge in [0, 0.05) is 25.7 Å². The highest BCUT2D eigenvalue weighted by molar-refractivity contribution is 7.83. The summed E-state index contributed by atoms with van der Waals surface area (Å²) in [5.41, 5.74) is 0. The first kappa shape index (κ1) is 40.9. The summed E-state index contributed by atoms with van der Waals surface area (Å²) in [4.78, 5) is 79.6. The van der Waals surface area contributed by atoms with Crippen molar-refractivity contribution in [3.8, 4) is 0 Å². The highest BCUT2D eigenvalue weighted by atomic mass is 35.5. The quantitative estimate of drug-likeness (QED) is 0.120. The molecule has 0 fully saturated rings. The predicted molar refractivity (Wildman–Crippen MR) is 133 cm³/mol. The normalized spacial score (nSPS) is 8.82. The third-order valence-corrected chi connectivity index (χ3v) is 3.38. The summed E-state index contributed by atoms with van der Waals surface area (Å²) < 4.78 is 4.79. The van der Waals surface area contributed by atoms with Crippen LogP contribution < -0.4 is 0 Å². The number of carbonyl (C=O) groups excluding carboxylic acids is 8. The van der Waals surface area contributed by atoms with Gasteiger partial charge in [-0.2, -0.15) is 0 Å². The molecule has 34 heavy (non-hydrogen) atoms. The van der Waals surface area contributed by atoms with Crippen molar-refractivity contribution >= 4 is 152 Å². The number of rotatable bonds is 13. The van der Waals surface area contributed by atoms with Crippen molar-refractivity contribution in [3.05, 3.63) is 0 Å². The molecule has 0 saturated heterocycles. The van der Waals surface area contributed by atoms with E-state index in [4.69, 9.17) is 92.8 Å². The molecule has 0 bridgehead atoms. The fourth-order valence-corrected chi connectivity index (χ4v) is 1.75. The van der Waals surface area contributed by atoms with E-state index in [-0.39, 0.29) is 49.6 Å². The maximum Gasteiger partial charge on any atom is 0.288 e. The number of hydrogen-bond donors (Lipinski definition) is 0. The third kappa shape index (κ3) is 53.2. The molecule has 0 aliphatic carbocycles. The molecule has 0 aromatic rings. The lowest BCUT2D eigenvalue weighted by atomic mass is 10.2. The van der Waals surface area contributed by atoms with E-state index < -0.39 is 42.5 Å². The molecule has 0 spiro atoms. The van der Waals surface area contributed by atoms with Crippen molar-refractivity contribution in [2.24, 2.45) is 0 Å². The predicted octanol–water partition coefficient (Wildman–Crippen LogP) is 4.41. The Hall–Kier alpha value is -0.270. The van der Waals surface area contributed by atoms with Crippen LogP contribution in [0.4, 0.5) is 0 Å².